The standard InChI is InChI=1S/C24H26N2O6S/c1-16-8-9-21-18(14-32-24(21)17(16)2)12-23(28)31-15-22(27)25-19-6-5-7-20(13-19)33(29,30)26-10-3-4-11-26/h5-9,13-14H,3-4,10-12,15H2,1-2H3,(H,25,27). The molecule has 1 fully saturated rings. The molecule has 2 aromatic carbocycles. The summed E-state index contributed by atoms with van der Waals surface area (Å²) in [6.07, 6.45) is 3.20. The number of anilines is 1. The number of esters is 1. The monoisotopic (exact) mass is 470 g/mol. The van der Waals surface area contributed by atoms with Gasteiger partial charge in [-0.25, -0.2) is 8.42 Å². The van der Waals surface area contributed by atoms with Crippen molar-refractivity contribution in [3.63, 3.8) is 0 Å². The number of nitrogens with zero attached hydrogens (tertiary/aromatic N) is 1. The SMILES string of the molecule is Cc1ccc2c(CC(=O)OCC(=O)Nc3cccc(S(=O)(=O)N4CCCC4)c3)coc2c1C. The van der Waals surface area contributed by atoms with Crippen LogP contribution in [0.1, 0.15) is 29.5 Å². The third-order valence-electron chi connectivity index (χ3n) is 5.86. The molecule has 0 atom stereocenters. The van der Waals surface area contributed by atoms with Gasteiger partial charge in [0.15, 0.2) is 6.61 Å². The summed E-state index contributed by atoms with van der Waals surface area (Å²) in [6.45, 7) is 4.47. The van der Waals surface area contributed by atoms with Crippen molar-refractivity contribution in [3.05, 3.63) is 59.4 Å². The van der Waals surface area contributed by atoms with E-state index in [4.69, 9.17) is 9.15 Å². The van der Waals surface area contributed by atoms with Crippen molar-refractivity contribution in [2.75, 3.05) is 25.0 Å². The van der Waals surface area contributed by atoms with Crippen molar-refractivity contribution >= 4 is 38.6 Å². The summed E-state index contributed by atoms with van der Waals surface area (Å²) >= 11 is 0. The Morgan fingerprint density at radius 3 is 2.64 bits per heavy atom. The molecule has 1 amide bonds. The van der Waals surface area contributed by atoms with E-state index in [1.807, 2.05) is 26.0 Å². The fourth-order valence-corrected chi connectivity index (χ4v) is 5.45. The molecule has 0 saturated carbocycles. The number of aryl methyl sites for hydroxylation is 2. The summed E-state index contributed by atoms with van der Waals surface area (Å²) in [6, 6.07) is 9.94. The predicted molar refractivity (Wildman–Crippen MR) is 123 cm³/mol. The molecule has 8 nitrogen and oxygen atoms in total. The van der Waals surface area contributed by atoms with Crippen molar-refractivity contribution in [2.45, 2.75) is 38.0 Å². The summed E-state index contributed by atoms with van der Waals surface area (Å²) in [7, 11) is -3.59. The molecule has 1 aliphatic heterocycles. The Bertz CT molecular complexity index is 1310. The lowest BCUT2D eigenvalue weighted by Crippen LogP contribution is -2.28. The minimum Gasteiger partial charge on any atom is -0.464 e. The maximum Gasteiger partial charge on any atom is 0.310 e. The summed E-state index contributed by atoms with van der Waals surface area (Å²) in [5.74, 6) is -1.11. The molecule has 0 bridgehead atoms. The van der Waals surface area contributed by atoms with Crippen LogP contribution >= 0.6 is 0 Å². The van der Waals surface area contributed by atoms with Crippen molar-refractivity contribution in [1.29, 1.82) is 0 Å². The lowest BCUT2D eigenvalue weighted by Gasteiger charge is -2.16. The van der Waals surface area contributed by atoms with Crippen LogP contribution in [0.3, 0.4) is 0 Å². The van der Waals surface area contributed by atoms with Gasteiger partial charge in [0.05, 0.1) is 17.6 Å². The number of sulfonamides is 1. The molecule has 174 valence electrons. The maximum absolute atomic E-state index is 12.7. The molecule has 1 aliphatic rings. The zero-order valence-corrected chi connectivity index (χ0v) is 19.4. The number of ether oxygens (including phenoxy) is 1. The van der Waals surface area contributed by atoms with Gasteiger partial charge in [0.1, 0.15) is 5.58 Å². The van der Waals surface area contributed by atoms with E-state index in [2.05, 4.69) is 5.32 Å². The smallest absolute Gasteiger partial charge is 0.310 e. The van der Waals surface area contributed by atoms with Gasteiger partial charge in [-0.1, -0.05) is 18.2 Å². The molecule has 9 heteroatoms. The van der Waals surface area contributed by atoms with E-state index in [0.717, 1.165) is 34.9 Å². The van der Waals surface area contributed by atoms with Gasteiger partial charge < -0.3 is 14.5 Å². The normalized spacial score (nSPS) is 14.5. The van der Waals surface area contributed by atoms with E-state index in [1.54, 1.807) is 12.1 Å². The second-order valence-electron chi connectivity index (χ2n) is 8.17. The van der Waals surface area contributed by atoms with Crippen LogP contribution in [0.25, 0.3) is 11.0 Å². The Morgan fingerprint density at radius 1 is 1.12 bits per heavy atom. The molecule has 0 aliphatic carbocycles. The second-order valence-corrected chi connectivity index (χ2v) is 10.1. The topological polar surface area (TPSA) is 106 Å². The molecule has 1 aromatic heterocycles. The van der Waals surface area contributed by atoms with E-state index in [9.17, 15) is 18.0 Å². The van der Waals surface area contributed by atoms with Gasteiger partial charge in [-0.3, -0.25) is 9.59 Å². The molecular formula is C24H26N2O6S. The number of hydrogen-bond acceptors (Lipinski definition) is 6. The Kier molecular flexibility index (Phi) is 6.53. The van der Waals surface area contributed by atoms with E-state index in [1.165, 1.54) is 22.7 Å². The molecule has 4 rings (SSSR count). The largest absolute Gasteiger partial charge is 0.464 e. The number of nitrogens with one attached hydrogen (secondary N) is 1. The number of furan rings is 1. The summed E-state index contributed by atoms with van der Waals surface area (Å²) in [5.41, 5.74) is 3.86. The van der Waals surface area contributed by atoms with Crippen LogP contribution in [0.15, 0.2) is 52.0 Å². The van der Waals surface area contributed by atoms with Gasteiger partial charge in [-0.15, -0.1) is 0 Å². The highest BCUT2D eigenvalue weighted by atomic mass is 32.2. The zero-order valence-electron chi connectivity index (χ0n) is 18.6. The zero-order chi connectivity index (χ0) is 23.6. The Balaban J connectivity index is 1.34. The molecule has 33 heavy (non-hydrogen) atoms. The second kappa shape index (κ2) is 9.36. The van der Waals surface area contributed by atoms with Crippen molar-refractivity contribution in [1.82, 2.24) is 4.31 Å². The number of fused-ring (bicyclic) bond motifs is 1. The van der Waals surface area contributed by atoms with Crippen molar-refractivity contribution < 1.29 is 27.2 Å². The number of carbonyl (C=O) groups is 2. The number of benzene rings is 2. The molecule has 0 unspecified atom stereocenters. The van der Waals surface area contributed by atoms with Crippen LogP contribution < -0.4 is 5.32 Å². The predicted octanol–water partition coefficient (Wildman–Crippen LogP) is 3.56. The van der Waals surface area contributed by atoms with Crippen LogP contribution in [0.2, 0.25) is 0 Å². The van der Waals surface area contributed by atoms with Gasteiger partial charge in [0.25, 0.3) is 5.91 Å². The van der Waals surface area contributed by atoms with Crippen molar-refractivity contribution in [3.8, 4) is 0 Å². The van der Waals surface area contributed by atoms with E-state index in [-0.39, 0.29) is 11.3 Å². The lowest BCUT2D eigenvalue weighted by atomic mass is 10.0. The maximum atomic E-state index is 12.7. The summed E-state index contributed by atoms with van der Waals surface area (Å²) < 4.78 is 37.6. The van der Waals surface area contributed by atoms with Crippen molar-refractivity contribution in [2.24, 2.45) is 0 Å². The molecule has 3 aromatic rings. The molecule has 1 saturated heterocycles. The first-order chi connectivity index (χ1) is 15.8. The highest BCUT2D eigenvalue weighted by Gasteiger charge is 2.27. The average molecular weight is 471 g/mol. The van der Waals surface area contributed by atoms with Gasteiger partial charge in [-0.2, -0.15) is 4.31 Å². The van der Waals surface area contributed by atoms with Crippen LogP contribution in [-0.2, 0) is 30.8 Å². The fraction of sp³-hybridized carbons (Fsp3) is 0.333. The number of rotatable bonds is 7. The van der Waals surface area contributed by atoms with E-state index < -0.39 is 28.5 Å². The number of carbonyl (C=O) groups excluding carboxylic acids is 2. The van der Waals surface area contributed by atoms with Gasteiger partial charge in [0, 0.05) is 29.7 Å². The number of amides is 1. The van der Waals surface area contributed by atoms with Crippen LogP contribution in [0.5, 0.6) is 0 Å². The van der Waals surface area contributed by atoms with Crippen LogP contribution in [0.4, 0.5) is 5.69 Å². The Morgan fingerprint density at radius 2 is 1.88 bits per heavy atom. The number of hydrogen-bond donors (Lipinski definition) is 1. The van der Waals surface area contributed by atoms with Gasteiger partial charge in [0.2, 0.25) is 10.0 Å². The molecule has 0 radical (unpaired) electrons. The first-order valence-corrected chi connectivity index (χ1v) is 12.2. The van der Waals surface area contributed by atoms with Crippen LogP contribution in [0, 0.1) is 13.8 Å². The lowest BCUT2D eigenvalue weighted by molar-refractivity contribution is -0.146. The van der Waals surface area contributed by atoms with Crippen LogP contribution in [-0.4, -0.2) is 44.3 Å². The highest BCUT2D eigenvalue weighted by molar-refractivity contribution is 7.89. The van der Waals surface area contributed by atoms with Gasteiger partial charge in [-0.05, 0) is 56.0 Å². The molecule has 2 heterocycles. The van der Waals surface area contributed by atoms with E-state index >= 15 is 0 Å². The fourth-order valence-electron chi connectivity index (χ4n) is 3.89. The summed E-state index contributed by atoms with van der Waals surface area (Å²) in [5, 5.41) is 3.43. The third kappa shape index (κ3) is 4.94. The van der Waals surface area contributed by atoms with E-state index in [0.29, 0.717) is 24.3 Å². The Labute approximate surface area is 192 Å². The minimum absolute atomic E-state index is 0.0215. The van der Waals surface area contributed by atoms with Gasteiger partial charge >= 0.3 is 5.97 Å². The molecular weight excluding hydrogens is 444 g/mol. The minimum atomic E-state index is -3.59. The average Bonchev–Trinajstić information content (AvgIpc) is 3.46. The molecule has 0 spiro atoms. The first-order valence-electron chi connectivity index (χ1n) is 10.8. The Hall–Kier alpha value is -3.17. The third-order valence-corrected chi connectivity index (χ3v) is 7.76. The first kappa shape index (κ1) is 23.0. The summed E-state index contributed by atoms with van der Waals surface area (Å²) in [4.78, 5) is 24.7. The highest BCUT2D eigenvalue weighted by Crippen LogP contribution is 2.27. The molecule has 1 N–H and O–H groups in total. The quantitative estimate of drug-likeness (QED) is 0.529.